The first-order chi connectivity index (χ1) is 17.6. The van der Waals surface area contributed by atoms with Crippen molar-refractivity contribution in [2.45, 2.75) is 46.0 Å². The van der Waals surface area contributed by atoms with Crippen molar-refractivity contribution in [1.29, 1.82) is 0 Å². The molecule has 0 unspecified atom stereocenters. The summed E-state index contributed by atoms with van der Waals surface area (Å²) in [6.07, 6.45) is 4.48. The van der Waals surface area contributed by atoms with Crippen LogP contribution in [0, 0.1) is 6.92 Å². The van der Waals surface area contributed by atoms with E-state index in [0.29, 0.717) is 21.8 Å². The lowest BCUT2D eigenvalue weighted by Gasteiger charge is -2.08. The third-order valence-corrected chi connectivity index (χ3v) is 9.72. The molecule has 0 aliphatic heterocycles. The van der Waals surface area contributed by atoms with E-state index in [1.165, 1.54) is 22.7 Å². The highest BCUT2D eigenvalue weighted by Gasteiger charge is 2.28. The number of carbonyl (C=O) groups is 3. The fourth-order valence-electron chi connectivity index (χ4n) is 4.34. The van der Waals surface area contributed by atoms with Crippen molar-refractivity contribution in [1.82, 2.24) is 4.57 Å². The summed E-state index contributed by atoms with van der Waals surface area (Å²) in [6, 6.07) is 5.84. The molecule has 3 aromatic rings. The molecule has 2 aromatic heterocycles. The quantitative estimate of drug-likeness (QED) is 0.346. The van der Waals surface area contributed by atoms with Gasteiger partial charge in [-0.05, 0) is 62.8 Å². The number of carbonyl (C=O) groups excluding carboxylic acids is 3. The highest BCUT2D eigenvalue weighted by molar-refractivity contribution is 7.92. The molecule has 0 bridgehead atoms. The first kappa shape index (κ1) is 27.2. The van der Waals surface area contributed by atoms with Crippen LogP contribution in [0.3, 0.4) is 0 Å². The van der Waals surface area contributed by atoms with Gasteiger partial charge in [0.2, 0.25) is 5.91 Å². The molecular formula is C25H29N3O6S3. The average molecular weight is 564 g/mol. The highest BCUT2D eigenvalue weighted by atomic mass is 32.2. The van der Waals surface area contributed by atoms with Crippen LogP contribution in [-0.4, -0.2) is 48.9 Å². The van der Waals surface area contributed by atoms with E-state index < -0.39 is 39.1 Å². The highest BCUT2D eigenvalue weighted by Crippen LogP contribution is 2.38. The van der Waals surface area contributed by atoms with Gasteiger partial charge in [0.1, 0.15) is 16.5 Å². The number of hydrogen-bond acceptors (Lipinski definition) is 8. The summed E-state index contributed by atoms with van der Waals surface area (Å²) < 4.78 is 33.2. The van der Waals surface area contributed by atoms with Gasteiger partial charge in [-0.25, -0.2) is 13.2 Å². The molecule has 0 spiro atoms. The van der Waals surface area contributed by atoms with Crippen LogP contribution in [-0.2, 0) is 44.1 Å². The third kappa shape index (κ3) is 6.36. The smallest absolute Gasteiger partial charge is 0.341 e. The van der Waals surface area contributed by atoms with E-state index in [-0.39, 0.29) is 6.61 Å². The number of sulfone groups is 1. The van der Waals surface area contributed by atoms with E-state index in [9.17, 15) is 22.8 Å². The number of thiazole rings is 1. The summed E-state index contributed by atoms with van der Waals surface area (Å²) in [5.41, 5.74) is 3.14. The monoisotopic (exact) mass is 563 g/mol. The van der Waals surface area contributed by atoms with Crippen LogP contribution >= 0.6 is 22.7 Å². The molecular weight excluding hydrogens is 534 g/mol. The van der Waals surface area contributed by atoms with E-state index in [2.05, 4.69) is 10.3 Å². The Labute approximate surface area is 223 Å². The Hall–Kier alpha value is -2.83. The zero-order chi connectivity index (χ0) is 26.7. The predicted molar refractivity (Wildman–Crippen MR) is 145 cm³/mol. The molecule has 12 heteroatoms. The second-order valence-corrected chi connectivity index (χ2v) is 13.2. The Morgan fingerprint density at radius 1 is 1.11 bits per heavy atom. The fourth-order valence-corrected chi connectivity index (χ4v) is 7.78. The number of anilines is 1. The van der Waals surface area contributed by atoms with Gasteiger partial charge in [0, 0.05) is 11.9 Å². The van der Waals surface area contributed by atoms with Gasteiger partial charge in [0.25, 0.3) is 5.91 Å². The van der Waals surface area contributed by atoms with Gasteiger partial charge < -0.3 is 14.6 Å². The maximum atomic E-state index is 12.7. The Kier molecular flexibility index (Phi) is 8.29. The SMILES string of the molecule is CCOC(=O)c1c(NC(=O)CS(=O)(=O)CC(=O)N=c2sc3cc(C)ccc3n2C)sc2c1CCCCC2. The van der Waals surface area contributed by atoms with E-state index in [1.54, 1.807) is 18.5 Å². The first-order valence-corrected chi connectivity index (χ1v) is 15.5. The molecule has 0 saturated heterocycles. The van der Waals surface area contributed by atoms with Gasteiger partial charge in [0.15, 0.2) is 14.6 Å². The summed E-state index contributed by atoms with van der Waals surface area (Å²) in [7, 11) is -2.34. The van der Waals surface area contributed by atoms with Crippen molar-refractivity contribution >= 4 is 65.5 Å². The molecule has 1 aliphatic rings. The minimum Gasteiger partial charge on any atom is -0.462 e. The van der Waals surface area contributed by atoms with Gasteiger partial charge in [-0.1, -0.05) is 23.8 Å². The van der Waals surface area contributed by atoms with Crippen LogP contribution in [0.15, 0.2) is 23.2 Å². The van der Waals surface area contributed by atoms with Crippen LogP contribution in [0.2, 0.25) is 0 Å². The minimum absolute atomic E-state index is 0.188. The van der Waals surface area contributed by atoms with Gasteiger partial charge in [-0.3, -0.25) is 9.59 Å². The number of thiophene rings is 1. The van der Waals surface area contributed by atoms with E-state index in [4.69, 9.17) is 4.74 Å². The molecule has 9 nitrogen and oxygen atoms in total. The number of nitrogens with zero attached hydrogens (tertiary/aromatic N) is 2. The molecule has 0 saturated carbocycles. The molecule has 37 heavy (non-hydrogen) atoms. The molecule has 2 amide bonds. The third-order valence-electron chi connectivity index (χ3n) is 6.03. The van der Waals surface area contributed by atoms with E-state index >= 15 is 0 Å². The van der Waals surface area contributed by atoms with Crippen molar-refractivity contribution in [3.05, 3.63) is 44.6 Å². The van der Waals surface area contributed by atoms with Crippen molar-refractivity contribution < 1.29 is 27.5 Å². The second-order valence-electron chi connectivity index (χ2n) is 8.99. The van der Waals surface area contributed by atoms with Crippen molar-refractivity contribution in [2.75, 3.05) is 23.4 Å². The van der Waals surface area contributed by atoms with Crippen molar-refractivity contribution in [2.24, 2.45) is 12.0 Å². The number of fused-ring (bicyclic) bond motifs is 2. The normalized spacial score (nSPS) is 14.3. The van der Waals surface area contributed by atoms with E-state index in [0.717, 1.165) is 51.9 Å². The fraction of sp³-hybridized carbons (Fsp3) is 0.440. The van der Waals surface area contributed by atoms with E-state index in [1.807, 2.05) is 25.1 Å². The molecule has 198 valence electrons. The Morgan fingerprint density at radius 2 is 1.86 bits per heavy atom. The largest absolute Gasteiger partial charge is 0.462 e. The number of benzene rings is 1. The molecule has 0 atom stereocenters. The van der Waals surface area contributed by atoms with Gasteiger partial charge in [-0.2, -0.15) is 4.99 Å². The predicted octanol–water partition coefficient (Wildman–Crippen LogP) is 3.54. The number of esters is 1. The molecule has 0 fully saturated rings. The maximum absolute atomic E-state index is 12.7. The second kappa shape index (κ2) is 11.3. The van der Waals surface area contributed by atoms with Crippen LogP contribution in [0.4, 0.5) is 5.00 Å². The average Bonchev–Trinajstić information content (AvgIpc) is 3.18. The van der Waals surface area contributed by atoms with Crippen LogP contribution in [0.25, 0.3) is 10.2 Å². The number of aryl methyl sites for hydroxylation is 3. The standard InChI is InChI=1S/C25H29N3O6S3/c1-4-34-24(31)22-16-8-6-5-7-9-18(16)35-23(22)26-20(29)13-37(32,33)14-21(30)27-25-28(3)17-11-10-15(2)12-19(17)36-25/h10-12H,4-9,13-14H2,1-3H3,(H,26,29). The molecule has 1 N–H and O–H groups in total. The van der Waals surface area contributed by atoms with Gasteiger partial charge in [0.05, 0.1) is 22.4 Å². The molecule has 0 radical (unpaired) electrons. The zero-order valence-corrected chi connectivity index (χ0v) is 23.4. The number of hydrogen-bond donors (Lipinski definition) is 1. The molecule has 4 rings (SSSR count). The lowest BCUT2D eigenvalue weighted by Crippen LogP contribution is -2.28. The van der Waals surface area contributed by atoms with Crippen LogP contribution in [0.5, 0.6) is 0 Å². The Balaban J connectivity index is 1.49. The lowest BCUT2D eigenvalue weighted by atomic mass is 10.1. The number of nitrogens with one attached hydrogen (secondary N) is 1. The summed E-state index contributed by atoms with van der Waals surface area (Å²) in [5.74, 6) is -3.96. The van der Waals surface area contributed by atoms with Gasteiger partial charge >= 0.3 is 5.97 Å². The summed E-state index contributed by atoms with van der Waals surface area (Å²) >= 11 is 2.58. The number of amides is 2. The summed E-state index contributed by atoms with van der Waals surface area (Å²) in [4.78, 5) is 43.2. The van der Waals surface area contributed by atoms with Crippen LogP contribution in [0.1, 0.15) is 52.5 Å². The Morgan fingerprint density at radius 3 is 2.62 bits per heavy atom. The first-order valence-electron chi connectivity index (χ1n) is 12.0. The number of rotatable bonds is 7. The van der Waals surface area contributed by atoms with Crippen molar-refractivity contribution in [3.63, 3.8) is 0 Å². The minimum atomic E-state index is -4.09. The summed E-state index contributed by atoms with van der Waals surface area (Å²) in [5, 5.41) is 2.89. The number of ether oxygens (including phenoxy) is 1. The molecule has 1 aromatic carbocycles. The molecule has 1 aliphatic carbocycles. The zero-order valence-electron chi connectivity index (χ0n) is 21.0. The van der Waals surface area contributed by atoms with Crippen LogP contribution < -0.4 is 10.1 Å². The Bertz CT molecular complexity index is 1550. The van der Waals surface area contributed by atoms with Crippen molar-refractivity contribution in [3.8, 4) is 0 Å². The summed E-state index contributed by atoms with van der Waals surface area (Å²) in [6.45, 7) is 3.85. The topological polar surface area (TPSA) is 124 Å². The lowest BCUT2D eigenvalue weighted by molar-refractivity contribution is -0.115. The maximum Gasteiger partial charge on any atom is 0.341 e. The van der Waals surface area contributed by atoms with Gasteiger partial charge in [-0.15, -0.1) is 11.3 Å². The molecule has 2 heterocycles. The number of aromatic nitrogens is 1.